The zero-order chi connectivity index (χ0) is 14.0. The Morgan fingerprint density at radius 1 is 1.47 bits per heavy atom. The number of fused-ring (bicyclic) bond motifs is 1. The van der Waals surface area contributed by atoms with Crippen molar-refractivity contribution in [2.24, 2.45) is 0 Å². The lowest BCUT2D eigenvalue weighted by molar-refractivity contribution is -0.384. The number of carboxylic acid groups (broad SMARTS) is 1. The van der Waals surface area contributed by atoms with Crippen molar-refractivity contribution < 1.29 is 14.8 Å². The standard InChI is InChI=1S/C11H10N2O5S/c14-10(15)2-1-5-12-11(16)8-6-7(13(17)18)3-4-9(8)19-12/h3-4,6H,1-2,5H2,(H,14,15). The van der Waals surface area contributed by atoms with Gasteiger partial charge in [0.1, 0.15) is 0 Å². The number of aryl methyl sites for hydroxylation is 1. The Morgan fingerprint density at radius 2 is 2.21 bits per heavy atom. The maximum Gasteiger partial charge on any atom is 0.303 e. The number of aromatic nitrogens is 1. The molecule has 0 saturated carbocycles. The average Bonchev–Trinajstić information content (AvgIpc) is 2.66. The van der Waals surface area contributed by atoms with Crippen LogP contribution in [0.4, 0.5) is 5.69 Å². The van der Waals surface area contributed by atoms with Gasteiger partial charge in [0.25, 0.3) is 11.2 Å². The molecule has 100 valence electrons. The molecule has 0 amide bonds. The summed E-state index contributed by atoms with van der Waals surface area (Å²) in [6.07, 6.45) is 0.338. The van der Waals surface area contributed by atoms with E-state index in [2.05, 4.69) is 0 Å². The molecule has 0 saturated heterocycles. The summed E-state index contributed by atoms with van der Waals surface area (Å²) in [6.45, 7) is 0.304. The van der Waals surface area contributed by atoms with Crippen molar-refractivity contribution in [3.8, 4) is 0 Å². The van der Waals surface area contributed by atoms with Crippen LogP contribution in [0, 0.1) is 10.1 Å². The second kappa shape index (κ2) is 5.19. The van der Waals surface area contributed by atoms with Crippen LogP contribution in [-0.4, -0.2) is 20.0 Å². The summed E-state index contributed by atoms with van der Waals surface area (Å²) in [6, 6.07) is 4.13. The van der Waals surface area contributed by atoms with E-state index in [9.17, 15) is 19.7 Å². The van der Waals surface area contributed by atoms with Crippen LogP contribution in [0.3, 0.4) is 0 Å². The van der Waals surface area contributed by atoms with Crippen LogP contribution < -0.4 is 5.56 Å². The van der Waals surface area contributed by atoms with Crippen LogP contribution in [0.1, 0.15) is 12.8 Å². The van der Waals surface area contributed by atoms with E-state index in [1.807, 2.05) is 0 Å². The molecule has 1 aromatic carbocycles. The van der Waals surface area contributed by atoms with Crippen molar-refractivity contribution >= 4 is 33.3 Å². The van der Waals surface area contributed by atoms with Crippen molar-refractivity contribution in [1.82, 2.24) is 3.96 Å². The molecular weight excluding hydrogens is 272 g/mol. The fraction of sp³-hybridized carbons (Fsp3) is 0.273. The molecule has 0 aliphatic heterocycles. The third-order valence-electron chi connectivity index (χ3n) is 2.59. The number of hydrogen-bond acceptors (Lipinski definition) is 5. The lowest BCUT2D eigenvalue weighted by Crippen LogP contribution is -2.13. The normalized spacial score (nSPS) is 10.7. The molecule has 0 bridgehead atoms. The summed E-state index contributed by atoms with van der Waals surface area (Å²) in [4.78, 5) is 32.5. The highest BCUT2D eigenvalue weighted by molar-refractivity contribution is 7.13. The largest absolute Gasteiger partial charge is 0.481 e. The molecule has 7 nitrogen and oxygen atoms in total. The van der Waals surface area contributed by atoms with E-state index >= 15 is 0 Å². The highest BCUT2D eigenvalue weighted by atomic mass is 32.1. The lowest BCUT2D eigenvalue weighted by Gasteiger charge is -1.96. The van der Waals surface area contributed by atoms with Gasteiger partial charge in [0.2, 0.25) is 0 Å². The topological polar surface area (TPSA) is 102 Å². The molecule has 0 spiro atoms. The Morgan fingerprint density at radius 3 is 2.84 bits per heavy atom. The summed E-state index contributed by atoms with van der Waals surface area (Å²) in [5.74, 6) is -0.912. The van der Waals surface area contributed by atoms with Crippen LogP contribution in [-0.2, 0) is 11.3 Å². The minimum atomic E-state index is -0.912. The molecular formula is C11H10N2O5S. The van der Waals surface area contributed by atoms with E-state index < -0.39 is 10.9 Å². The zero-order valence-electron chi connectivity index (χ0n) is 9.74. The number of carboxylic acids is 1. The third kappa shape index (κ3) is 2.79. The van der Waals surface area contributed by atoms with Gasteiger partial charge in [-0.2, -0.15) is 0 Å². The Hall–Kier alpha value is -2.22. The van der Waals surface area contributed by atoms with Crippen LogP contribution in [0.5, 0.6) is 0 Å². The highest BCUT2D eigenvalue weighted by Crippen LogP contribution is 2.22. The van der Waals surface area contributed by atoms with Crippen molar-refractivity contribution in [2.75, 3.05) is 0 Å². The molecule has 8 heteroatoms. The van der Waals surface area contributed by atoms with Gasteiger partial charge in [0.05, 0.1) is 15.0 Å². The second-order valence-corrected chi connectivity index (χ2v) is 5.00. The predicted octanol–water partition coefficient (Wildman–Crippen LogP) is 1.84. The summed E-state index contributed by atoms with van der Waals surface area (Å²) < 4.78 is 2.09. The predicted molar refractivity (Wildman–Crippen MR) is 69.6 cm³/mol. The SMILES string of the molecule is O=C(O)CCCn1sc2ccc([N+](=O)[O-])cc2c1=O. The third-order valence-corrected chi connectivity index (χ3v) is 3.71. The quantitative estimate of drug-likeness (QED) is 0.665. The molecule has 1 heterocycles. The number of aliphatic carboxylic acids is 1. The van der Waals surface area contributed by atoms with Gasteiger partial charge in [-0.05, 0) is 12.5 Å². The van der Waals surface area contributed by atoms with Gasteiger partial charge in [-0.1, -0.05) is 11.5 Å². The summed E-state index contributed by atoms with van der Waals surface area (Å²) >= 11 is 1.18. The first kappa shape index (κ1) is 13.2. The Bertz CT molecular complexity index is 703. The maximum atomic E-state index is 12.0. The van der Waals surface area contributed by atoms with Gasteiger partial charge in [-0.25, -0.2) is 0 Å². The van der Waals surface area contributed by atoms with E-state index in [0.29, 0.717) is 23.1 Å². The number of nitro benzene ring substituents is 1. The molecule has 0 aliphatic carbocycles. The van der Waals surface area contributed by atoms with Gasteiger partial charge in [0.15, 0.2) is 0 Å². The number of benzene rings is 1. The van der Waals surface area contributed by atoms with Gasteiger partial charge >= 0.3 is 5.97 Å². The van der Waals surface area contributed by atoms with Crippen LogP contribution >= 0.6 is 11.5 Å². The monoisotopic (exact) mass is 282 g/mol. The number of carbonyl (C=O) groups is 1. The molecule has 19 heavy (non-hydrogen) atoms. The van der Waals surface area contributed by atoms with Crippen LogP contribution in [0.2, 0.25) is 0 Å². The lowest BCUT2D eigenvalue weighted by atomic mass is 10.2. The summed E-state index contributed by atoms with van der Waals surface area (Å²) in [7, 11) is 0. The fourth-order valence-electron chi connectivity index (χ4n) is 1.69. The van der Waals surface area contributed by atoms with Crippen LogP contribution in [0.15, 0.2) is 23.0 Å². The molecule has 0 fully saturated rings. The van der Waals surface area contributed by atoms with Crippen molar-refractivity contribution in [2.45, 2.75) is 19.4 Å². The number of nitro groups is 1. The minimum Gasteiger partial charge on any atom is -0.481 e. The van der Waals surface area contributed by atoms with Gasteiger partial charge in [-0.15, -0.1) is 0 Å². The number of hydrogen-bond donors (Lipinski definition) is 1. The Balaban J connectivity index is 2.32. The fourth-order valence-corrected chi connectivity index (χ4v) is 2.71. The van der Waals surface area contributed by atoms with Gasteiger partial charge in [0, 0.05) is 25.1 Å². The van der Waals surface area contributed by atoms with E-state index in [4.69, 9.17) is 5.11 Å². The van der Waals surface area contributed by atoms with Crippen LogP contribution in [0.25, 0.3) is 10.1 Å². The first-order valence-corrected chi connectivity index (χ1v) is 6.26. The van der Waals surface area contributed by atoms with E-state index in [-0.39, 0.29) is 17.7 Å². The highest BCUT2D eigenvalue weighted by Gasteiger charge is 2.12. The van der Waals surface area contributed by atoms with E-state index in [1.165, 1.54) is 33.7 Å². The molecule has 1 N–H and O–H groups in total. The first-order chi connectivity index (χ1) is 8.99. The second-order valence-electron chi connectivity index (χ2n) is 3.93. The van der Waals surface area contributed by atoms with Crippen molar-refractivity contribution in [3.05, 3.63) is 38.7 Å². The number of rotatable bonds is 5. The molecule has 0 radical (unpaired) electrons. The van der Waals surface area contributed by atoms with Gasteiger partial charge in [-0.3, -0.25) is 23.7 Å². The maximum absolute atomic E-state index is 12.0. The molecule has 0 aliphatic rings. The summed E-state index contributed by atoms with van der Waals surface area (Å²) in [5, 5.41) is 19.5. The van der Waals surface area contributed by atoms with Gasteiger partial charge < -0.3 is 5.11 Å². The molecule has 0 atom stereocenters. The zero-order valence-corrected chi connectivity index (χ0v) is 10.6. The molecule has 2 rings (SSSR count). The average molecular weight is 282 g/mol. The molecule has 0 unspecified atom stereocenters. The van der Waals surface area contributed by atoms with Crippen molar-refractivity contribution in [3.63, 3.8) is 0 Å². The first-order valence-electron chi connectivity index (χ1n) is 5.49. The minimum absolute atomic E-state index is 0.0131. The van der Waals surface area contributed by atoms with E-state index in [1.54, 1.807) is 0 Å². The molecule has 2 aromatic rings. The Labute approximate surface area is 111 Å². The Kier molecular flexibility index (Phi) is 3.61. The summed E-state index contributed by atoms with van der Waals surface area (Å²) in [5.41, 5.74) is -0.436. The van der Waals surface area contributed by atoms with E-state index in [0.717, 1.165) is 0 Å². The number of nitrogens with zero attached hydrogens (tertiary/aromatic N) is 2. The van der Waals surface area contributed by atoms with Crippen molar-refractivity contribution in [1.29, 1.82) is 0 Å². The smallest absolute Gasteiger partial charge is 0.303 e. The molecule has 1 aromatic heterocycles. The number of non-ortho nitro benzene ring substituents is 1.